The van der Waals surface area contributed by atoms with E-state index in [9.17, 15) is 9.59 Å². The summed E-state index contributed by atoms with van der Waals surface area (Å²) in [5.74, 6) is -0.391. The summed E-state index contributed by atoms with van der Waals surface area (Å²) in [5, 5.41) is 0.314. The summed E-state index contributed by atoms with van der Waals surface area (Å²) < 4.78 is 10.7. The molecule has 1 atom stereocenters. The highest BCUT2D eigenvalue weighted by Gasteiger charge is 2.21. The summed E-state index contributed by atoms with van der Waals surface area (Å²) >= 11 is 5.77. The lowest BCUT2D eigenvalue weighted by molar-refractivity contribution is -0.0933. The van der Waals surface area contributed by atoms with Crippen molar-refractivity contribution in [2.45, 2.75) is 6.10 Å². The van der Waals surface area contributed by atoms with Gasteiger partial charge in [0.05, 0.1) is 30.9 Å². The summed E-state index contributed by atoms with van der Waals surface area (Å²) in [6, 6.07) is 1.36. The van der Waals surface area contributed by atoms with E-state index in [0.717, 1.165) is 0 Å². The molecule has 0 saturated carbocycles. The molecule has 2 rings (SSSR count). The number of likely N-dealkylation sites (N-methyl/N-ethyl adjacent to an activating group) is 1. The van der Waals surface area contributed by atoms with Gasteiger partial charge >= 0.3 is 0 Å². The molecular formula is C12H15ClN2O4. The number of hydrogen-bond donors (Lipinski definition) is 1. The summed E-state index contributed by atoms with van der Waals surface area (Å²) in [4.78, 5) is 27.6. The second kappa shape index (κ2) is 6.18. The maximum absolute atomic E-state index is 12.1. The molecule has 0 aromatic carbocycles. The van der Waals surface area contributed by atoms with Gasteiger partial charge < -0.3 is 19.4 Å². The Labute approximate surface area is 115 Å². The SMILES string of the molecule is CN(C[C@@H]1COCCO1)C(=O)c1cc(Cl)c[nH]c1=O. The van der Waals surface area contributed by atoms with Gasteiger partial charge in [-0.25, -0.2) is 0 Å². The Kier molecular flexibility index (Phi) is 4.57. The smallest absolute Gasteiger partial charge is 0.260 e. The second-order valence-electron chi connectivity index (χ2n) is 4.31. The van der Waals surface area contributed by atoms with Crippen molar-refractivity contribution in [1.29, 1.82) is 0 Å². The van der Waals surface area contributed by atoms with Crippen molar-refractivity contribution < 1.29 is 14.3 Å². The number of halogens is 1. The van der Waals surface area contributed by atoms with Crippen molar-refractivity contribution in [2.24, 2.45) is 0 Å². The highest BCUT2D eigenvalue weighted by atomic mass is 35.5. The first-order valence-electron chi connectivity index (χ1n) is 5.91. The maximum atomic E-state index is 12.1. The van der Waals surface area contributed by atoms with E-state index in [0.29, 0.717) is 31.4 Å². The molecule has 1 aliphatic heterocycles. The molecule has 104 valence electrons. The molecule has 0 radical (unpaired) electrons. The fourth-order valence-corrected chi connectivity index (χ4v) is 2.02. The van der Waals surface area contributed by atoms with Gasteiger partial charge in [-0.05, 0) is 6.07 Å². The van der Waals surface area contributed by atoms with Crippen LogP contribution in [0, 0.1) is 0 Å². The number of nitrogens with one attached hydrogen (secondary N) is 1. The summed E-state index contributed by atoms with van der Waals surface area (Å²) in [6.45, 7) is 1.90. The number of carbonyl (C=O) groups excluding carboxylic acids is 1. The molecule has 1 aromatic heterocycles. The Bertz CT molecular complexity index is 511. The van der Waals surface area contributed by atoms with E-state index in [1.54, 1.807) is 7.05 Å². The van der Waals surface area contributed by atoms with Gasteiger partial charge in [0, 0.05) is 19.8 Å². The molecule has 0 spiro atoms. The lowest BCUT2D eigenvalue weighted by atomic mass is 10.2. The normalized spacial score (nSPS) is 19.2. The van der Waals surface area contributed by atoms with Gasteiger partial charge in [-0.15, -0.1) is 0 Å². The predicted octanol–water partition coefficient (Wildman–Crippen LogP) is 0.516. The highest BCUT2D eigenvalue weighted by molar-refractivity contribution is 6.30. The first kappa shape index (κ1) is 14.0. The van der Waals surface area contributed by atoms with Crippen LogP contribution in [0.5, 0.6) is 0 Å². The summed E-state index contributed by atoms with van der Waals surface area (Å²) in [6.07, 6.45) is 1.18. The third-order valence-electron chi connectivity index (χ3n) is 2.81. The van der Waals surface area contributed by atoms with E-state index in [1.807, 2.05) is 0 Å². The molecule has 1 fully saturated rings. The highest BCUT2D eigenvalue weighted by Crippen LogP contribution is 2.09. The van der Waals surface area contributed by atoms with Gasteiger partial charge in [0.2, 0.25) is 0 Å². The predicted molar refractivity (Wildman–Crippen MR) is 69.6 cm³/mol. The Hall–Kier alpha value is -1.37. The maximum Gasteiger partial charge on any atom is 0.260 e. The third kappa shape index (κ3) is 3.56. The van der Waals surface area contributed by atoms with Crippen molar-refractivity contribution in [2.75, 3.05) is 33.4 Å². The van der Waals surface area contributed by atoms with E-state index in [2.05, 4.69) is 4.98 Å². The number of hydrogen-bond acceptors (Lipinski definition) is 4. The fraction of sp³-hybridized carbons (Fsp3) is 0.500. The number of ether oxygens (including phenoxy) is 2. The van der Waals surface area contributed by atoms with Crippen molar-refractivity contribution in [3.63, 3.8) is 0 Å². The Morgan fingerprint density at radius 2 is 2.37 bits per heavy atom. The molecule has 1 N–H and O–H groups in total. The van der Waals surface area contributed by atoms with E-state index in [1.165, 1.54) is 17.2 Å². The van der Waals surface area contributed by atoms with Crippen LogP contribution in [0.15, 0.2) is 17.1 Å². The molecule has 0 unspecified atom stereocenters. The molecule has 1 saturated heterocycles. The van der Waals surface area contributed by atoms with Gasteiger partial charge in [0.15, 0.2) is 0 Å². The zero-order valence-electron chi connectivity index (χ0n) is 10.5. The van der Waals surface area contributed by atoms with Crippen LogP contribution in [0.1, 0.15) is 10.4 Å². The summed E-state index contributed by atoms with van der Waals surface area (Å²) in [5.41, 5.74) is -0.436. The third-order valence-corrected chi connectivity index (χ3v) is 3.03. The number of aromatic nitrogens is 1. The fourth-order valence-electron chi connectivity index (χ4n) is 1.85. The van der Waals surface area contributed by atoms with Gasteiger partial charge in [0.1, 0.15) is 5.56 Å². The largest absolute Gasteiger partial charge is 0.376 e. The van der Waals surface area contributed by atoms with Crippen LogP contribution < -0.4 is 5.56 Å². The average Bonchev–Trinajstić information content (AvgIpc) is 2.42. The van der Waals surface area contributed by atoms with Crippen molar-refractivity contribution in [3.05, 3.63) is 33.2 Å². The minimum atomic E-state index is -0.456. The van der Waals surface area contributed by atoms with Gasteiger partial charge in [-0.2, -0.15) is 0 Å². The zero-order chi connectivity index (χ0) is 13.8. The monoisotopic (exact) mass is 286 g/mol. The van der Waals surface area contributed by atoms with E-state index < -0.39 is 11.5 Å². The molecular weight excluding hydrogens is 272 g/mol. The topological polar surface area (TPSA) is 71.6 Å². The molecule has 1 aliphatic rings. The van der Waals surface area contributed by atoms with Crippen LogP contribution in [0.3, 0.4) is 0 Å². The lowest BCUT2D eigenvalue weighted by Gasteiger charge is -2.27. The van der Waals surface area contributed by atoms with Crippen molar-refractivity contribution >= 4 is 17.5 Å². The van der Waals surface area contributed by atoms with Crippen molar-refractivity contribution in [1.82, 2.24) is 9.88 Å². The summed E-state index contributed by atoms with van der Waals surface area (Å²) in [7, 11) is 1.61. The number of pyridine rings is 1. The molecule has 1 aromatic rings. The standard InChI is InChI=1S/C12H15ClN2O4/c1-15(6-9-7-18-2-3-19-9)12(17)10-4-8(13)5-14-11(10)16/h4-5,9H,2-3,6-7H2,1H3,(H,14,16)/t9-/m1/s1. The molecule has 2 heterocycles. The minimum absolute atomic E-state index is 0.0201. The molecule has 19 heavy (non-hydrogen) atoms. The quantitative estimate of drug-likeness (QED) is 0.879. The number of amides is 1. The Balaban J connectivity index is 2.05. The van der Waals surface area contributed by atoms with Gasteiger partial charge in [-0.1, -0.05) is 11.6 Å². The van der Waals surface area contributed by atoms with Crippen LogP contribution in [-0.2, 0) is 9.47 Å². The number of nitrogens with zero attached hydrogens (tertiary/aromatic N) is 1. The van der Waals surface area contributed by atoms with Gasteiger partial charge in [0.25, 0.3) is 11.5 Å². The number of aromatic amines is 1. The van der Waals surface area contributed by atoms with E-state index in [4.69, 9.17) is 21.1 Å². The molecule has 7 heteroatoms. The van der Waals surface area contributed by atoms with Crippen LogP contribution in [0.2, 0.25) is 5.02 Å². The number of rotatable bonds is 3. The Morgan fingerprint density at radius 3 is 3.05 bits per heavy atom. The second-order valence-corrected chi connectivity index (χ2v) is 4.75. The van der Waals surface area contributed by atoms with Crippen LogP contribution >= 0.6 is 11.6 Å². The van der Waals surface area contributed by atoms with E-state index in [-0.39, 0.29) is 11.7 Å². The average molecular weight is 287 g/mol. The number of H-pyrrole nitrogens is 1. The first-order chi connectivity index (χ1) is 9.08. The minimum Gasteiger partial charge on any atom is -0.376 e. The molecule has 6 nitrogen and oxygen atoms in total. The first-order valence-corrected chi connectivity index (χ1v) is 6.29. The molecule has 0 bridgehead atoms. The zero-order valence-corrected chi connectivity index (χ0v) is 11.3. The number of carbonyl (C=O) groups is 1. The van der Waals surface area contributed by atoms with Crippen LogP contribution in [-0.4, -0.2) is 55.3 Å². The van der Waals surface area contributed by atoms with Gasteiger partial charge in [-0.3, -0.25) is 9.59 Å². The van der Waals surface area contributed by atoms with Crippen LogP contribution in [0.4, 0.5) is 0 Å². The lowest BCUT2D eigenvalue weighted by Crippen LogP contribution is -2.42. The van der Waals surface area contributed by atoms with Crippen molar-refractivity contribution in [3.8, 4) is 0 Å². The van der Waals surface area contributed by atoms with E-state index >= 15 is 0 Å². The van der Waals surface area contributed by atoms with Crippen LogP contribution in [0.25, 0.3) is 0 Å². The molecule has 1 amide bonds. The molecule has 0 aliphatic carbocycles. The Morgan fingerprint density at radius 1 is 1.58 bits per heavy atom.